The fourth-order valence-corrected chi connectivity index (χ4v) is 4.45. The van der Waals surface area contributed by atoms with Crippen molar-refractivity contribution < 1.29 is 8.42 Å². The minimum absolute atomic E-state index is 0.239. The van der Waals surface area contributed by atoms with E-state index in [0.717, 1.165) is 18.4 Å². The summed E-state index contributed by atoms with van der Waals surface area (Å²) < 4.78 is 27.5. The monoisotopic (exact) mass is 316 g/mol. The second-order valence-electron chi connectivity index (χ2n) is 5.39. The summed E-state index contributed by atoms with van der Waals surface area (Å²) >= 11 is 5.99. The van der Waals surface area contributed by atoms with Crippen molar-refractivity contribution in [2.75, 3.05) is 6.54 Å². The van der Waals surface area contributed by atoms with E-state index in [9.17, 15) is 8.42 Å². The summed E-state index contributed by atoms with van der Waals surface area (Å²) in [6, 6.07) is 3.21. The van der Waals surface area contributed by atoms with E-state index in [-0.39, 0.29) is 11.4 Å². The first-order valence-corrected chi connectivity index (χ1v) is 8.79. The predicted molar refractivity (Wildman–Crippen MR) is 81.2 cm³/mol. The van der Waals surface area contributed by atoms with E-state index in [2.05, 4.69) is 4.72 Å². The van der Waals surface area contributed by atoms with E-state index in [1.807, 2.05) is 0 Å². The number of nitrogens with two attached hydrogens (primary N) is 1. The summed E-state index contributed by atoms with van der Waals surface area (Å²) in [7, 11) is -3.52. The smallest absolute Gasteiger partial charge is 0.240 e. The molecule has 4 nitrogen and oxygen atoms in total. The van der Waals surface area contributed by atoms with Crippen LogP contribution in [0.15, 0.2) is 17.0 Å². The molecule has 0 spiro atoms. The number of hydrogen-bond donors (Lipinski definition) is 2. The molecule has 0 amide bonds. The molecular weight excluding hydrogens is 296 g/mol. The Bertz CT molecular complexity index is 581. The van der Waals surface area contributed by atoms with Crippen molar-refractivity contribution in [1.29, 1.82) is 0 Å². The van der Waals surface area contributed by atoms with Crippen LogP contribution in [-0.4, -0.2) is 15.0 Å². The van der Waals surface area contributed by atoms with Crippen molar-refractivity contribution in [1.82, 2.24) is 4.72 Å². The average Bonchev–Trinajstić information content (AvgIpc) is 2.92. The molecule has 0 aromatic heterocycles. The summed E-state index contributed by atoms with van der Waals surface area (Å²) in [4.78, 5) is 0.239. The van der Waals surface area contributed by atoms with Gasteiger partial charge in [0, 0.05) is 18.1 Å². The van der Waals surface area contributed by atoms with Crippen LogP contribution in [0.3, 0.4) is 0 Å². The summed E-state index contributed by atoms with van der Waals surface area (Å²) in [5.74, 6) is 0.457. The van der Waals surface area contributed by atoms with Crippen LogP contribution in [0.1, 0.15) is 36.8 Å². The van der Waals surface area contributed by atoms with Crippen LogP contribution in [0.25, 0.3) is 0 Å². The van der Waals surface area contributed by atoms with Gasteiger partial charge in [-0.2, -0.15) is 0 Å². The van der Waals surface area contributed by atoms with Crippen molar-refractivity contribution >= 4 is 21.6 Å². The third kappa shape index (κ3) is 3.52. The quantitative estimate of drug-likeness (QED) is 0.877. The Kier molecular flexibility index (Phi) is 5.07. The normalized spacial score (nSPS) is 16.8. The van der Waals surface area contributed by atoms with Gasteiger partial charge in [-0.1, -0.05) is 24.4 Å². The Morgan fingerprint density at radius 3 is 2.60 bits per heavy atom. The molecule has 0 saturated heterocycles. The van der Waals surface area contributed by atoms with Crippen molar-refractivity contribution in [2.45, 2.75) is 44.0 Å². The average molecular weight is 317 g/mol. The first-order valence-electron chi connectivity index (χ1n) is 6.93. The number of benzene rings is 1. The van der Waals surface area contributed by atoms with Crippen LogP contribution in [-0.2, 0) is 16.6 Å². The van der Waals surface area contributed by atoms with Crippen LogP contribution in [0.4, 0.5) is 0 Å². The van der Waals surface area contributed by atoms with Gasteiger partial charge in [-0.05, 0) is 48.9 Å². The van der Waals surface area contributed by atoms with E-state index in [1.165, 1.54) is 18.9 Å². The fraction of sp³-hybridized carbons (Fsp3) is 0.571. The lowest BCUT2D eigenvalue weighted by Gasteiger charge is -2.15. The standard InChI is InChI=1S/C14H21ClN2O2S/c1-10-12(8-16)6-13(15)7-14(10)20(18,19)17-9-11-4-2-3-5-11/h6-7,11,17H,2-5,8-9,16H2,1H3. The van der Waals surface area contributed by atoms with Gasteiger partial charge in [0.25, 0.3) is 0 Å². The molecule has 112 valence electrons. The molecule has 1 aliphatic rings. The molecule has 20 heavy (non-hydrogen) atoms. The first kappa shape index (κ1) is 15.8. The Labute approximate surface area is 125 Å². The van der Waals surface area contributed by atoms with Gasteiger partial charge in [0.05, 0.1) is 4.90 Å². The zero-order valence-electron chi connectivity index (χ0n) is 11.7. The van der Waals surface area contributed by atoms with Gasteiger partial charge in [0.15, 0.2) is 0 Å². The van der Waals surface area contributed by atoms with Crippen LogP contribution in [0.2, 0.25) is 5.02 Å². The highest BCUT2D eigenvalue weighted by atomic mass is 35.5. The fourth-order valence-electron chi connectivity index (χ4n) is 2.72. The summed E-state index contributed by atoms with van der Waals surface area (Å²) in [6.45, 7) is 2.55. The maximum atomic E-state index is 12.4. The molecule has 1 aromatic rings. The maximum Gasteiger partial charge on any atom is 0.240 e. The molecule has 1 aromatic carbocycles. The Morgan fingerprint density at radius 2 is 2.00 bits per heavy atom. The third-order valence-electron chi connectivity index (χ3n) is 3.98. The van der Waals surface area contributed by atoms with E-state index < -0.39 is 10.0 Å². The Balaban J connectivity index is 2.22. The molecule has 0 bridgehead atoms. The van der Waals surface area contributed by atoms with E-state index in [0.29, 0.717) is 23.0 Å². The lowest BCUT2D eigenvalue weighted by Crippen LogP contribution is -2.29. The topological polar surface area (TPSA) is 72.2 Å². The lowest BCUT2D eigenvalue weighted by molar-refractivity contribution is 0.519. The van der Waals surface area contributed by atoms with Gasteiger partial charge < -0.3 is 5.73 Å². The number of nitrogens with one attached hydrogen (secondary N) is 1. The summed E-state index contributed by atoms with van der Waals surface area (Å²) in [5, 5.41) is 0.400. The van der Waals surface area contributed by atoms with Gasteiger partial charge >= 0.3 is 0 Å². The predicted octanol–water partition coefficient (Wildman–Crippen LogP) is 2.58. The molecular formula is C14H21ClN2O2S. The molecule has 2 rings (SSSR count). The van der Waals surface area contributed by atoms with Gasteiger partial charge in [0.1, 0.15) is 0 Å². The first-order chi connectivity index (χ1) is 9.44. The van der Waals surface area contributed by atoms with Gasteiger partial charge in [0.2, 0.25) is 10.0 Å². The van der Waals surface area contributed by atoms with Crippen molar-refractivity contribution in [2.24, 2.45) is 11.7 Å². The van der Waals surface area contributed by atoms with Gasteiger partial charge in [-0.25, -0.2) is 13.1 Å². The zero-order chi connectivity index (χ0) is 14.8. The van der Waals surface area contributed by atoms with Crippen molar-refractivity contribution in [3.05, 3.63) is 28.3 Å². The van der Waals surface area contributed by atoms with Crippen molar-refractivity contribution in [3.63, 3.8) is 0 Å². The largest absolute Gasteiger partial charge is 0.326 e. The Morgan fingerprint density at radius 1 is 1.35 bits per heavy atom. The third-order valence-corrected chi connectivity index (χ3v) is 5.75. The number of halogens is 1. The molecule has 0 heterocycles. The maximum absolute atomic E-state index is 12.4. The Hall–Kier alpha value is -0.620. The summed E-state index contributed by atoms with van der Waals surface area (Å²) in [6.07, 6.45) is 4.59. The second kappa shape index (κ2) is 6.43. The van der Waals surface area contributed by atoms with Crippen LogP contribution >= 0.6 is 11.6 Å². The van der Waals surface area contributed by atoms with Gasteiger partial charge in [-0.15, -0.1) is 0 Å². The molecule has 0 unspecified atom stereocenters. The molecule has 1 aliphatic carbocycles. The van der Waals surface area contributed by atoms with Crippen LogP contribution in [0.5, 0.6) is 0 Å². The molecule has 1 saturated carbocycles. The van der Waals surface area contributed by atoms with Crippen molar-refractivity contribution in [3.8, 4) is 0 Å². The molecule has 0 aliphatic heterocycles. The lowest BCUT2D eigenvalue weighted by atomic mass is 10.1. The highest BCUT2D eigenvalue weighted by Gasteiger charge is 2.22. The summed E-state index contributed by atoms with van der Waals surface area (Å²) in [5.41, 5.74) is 7.07. The SMILES string of the molecule is Cc1c(CN)cc(Cl)cc1S(=O)(=O)NCC1CCCC1. The minimum Gasteiger partial charge on any atom is -0.326 e. The van der Waals surface area contributed by atoms with E-state index >= 15 is 0 Å². The highest BCUT2D eigenvalue weighted by Crippen LogP contribution is 2.26. The van der Waals surface area contributed by atoms with E-state index in [4.69, 9.17) is 17.3 Å². The van der Waals surface area contributed by atoms with Gasteiger partial charge in [-0.3, -0.25) is 0 Å². The molecule has 6 heteroatoms. The molecule has 1 fully saturated rings. The molecule has 3 N–H and O–H groups in total. The van der Waals surface area contributed by atoms with E-state index in [1.54, 1.807) is 13.0 Å². The number of hydrogen-bond acceptors (Lipinski definition) is 3. The second-order valence-corrected chi connectivity index (χ2v) is 7.57. The number of rotatable bonds is 5. The molecule has 0 radical (unpaired) electrons. The highest BCUT2D eigenvalue weighted by molar-refractivity contribution is 7.89. The van der Waals surface area contributed by atoms with Crippen LogP contribution in [0, 0.1) is 12.8 Å². The minimum atomic E-state index is -3.52. The zero-order valence-corrected chi connectivity index (χ0v) is 13.2. The van der Waals surface area contributed by atoms with Crippen LogP contribution < -0.4 is 10.5 Å². The number of sulfonamides is 1. The molecule has 0 atom stereocenters.